The number of carbonyl (C=O) groups excluding carboxylic acids is 2. The van der Waals surface area contributed by atoms with E-state index in [2.05, 4.69) is 15.6 Å². The van der Waals surface area contributed by atoms with Crippen LogP contribution < -0.4 is 10.6 Å². The number of carboxylic acid groups (broad SMARTS) is 1. The number of nitrogens with zero attached hydrogens (tertiary/aromatic N) is 1. The highest BCUT2D eigenvalue weighted by atomic mass is 16.4. The maximum atomic E-state index is 12.2. The SMILES string of the molecule is CCC(C)NC(=O)c1cccc(CNC(=O)c2cccc(C(=O)O)n2)c1. The number of hydrogen-bond acceptors (Lipinski definition) is 4. The van der Waals surface area contributed by atoms with Crippen molar-refractivity contribution in [2.45, 2.75) is 32.9 Å². The lowest BCUT2D eigenvalue weighted by Crippen LogP contribution is -2.32. The predicted molar refractivity (Wildman–Crippen MR) is 96.0 cm³/mol. The molecular weight excluding hydrogens is 334 g/mol. The van der Waals surface area contributed by atoms with Crippen molar-refractivity contribution in [3.63, 3.8) is 0 Å². The van der Waals surface area contributed by atoms with Crippen LogP contribution in [0.25, 0.3) is 0 Å². The molecule has 7 nitrogen and oxygen atoms in total. The van der Waals surface area contributed by atoms with E-state index < -0.39 is 11.9 Å². The molecule has 2 rings (SSSR count). The van der Waals surface area contributed by atoms with Gasteiger partial charge in [0.15, 0.2) is 0 Å². The van der Waals surface area contributed by atoms with Crippen molar-refractivity contribution in [3.05, 3.63) is 65.0 Å². The number of amides is 2. The summed E-state index contributed by atoms with van der Waals surface area (Å²) in [4.78, 5) is 39.0. The molecular formula is C19H21N3O4. The van der Waals surface area contributed by atoms with Crippen LogP contribution in [0.4, 0.5) is 0 Å². The van der Waals surface area contributed by atoms with E-state index in [0.29, 0.717) is 5.56 Å². The lowest BCUT2D eigenvalue weighted by molar-refractivity contribution is 0.0690. The third-order valence-corrected chi connectivity index (χ3v) is 3.83. The molecule has 3 N–H and O–H groups in total. The molecule has 0 aliphatic heterocycles. The topological polar surface area (TPSA) is 108 Å². The molecule has 0 spiro atoms. The maximum absolute atomic E-state index is 12.2. The van der Waals surface area contributed by atoms with Crippen molar-refractivity contribution in [2.24, 2.45) is 0 Å². The molecule has 0 saturated heterocycles. The van der Waals surface area contributed by atoms with E-state index in [9.17, 15) is 14.4 Å². The Kier molecular flexibility index (Phi) is 6.43. The van der Waals surface area contributed by atoms with E-state index in [-0.39, 0.29) is 29.9 Å². The zero-order valence-corrected chi connectivity index (χ0v) is 14.7. The molecule has 1 aromatic carbocycles. The smallest absolute Gasteiger partial charge is 0.354 e. The number of nitrogens with one attached hydrogen (secondary N) is 2. The second-order valence-corrected chi connectivity index (χ2v) is 5.88. The van der Waals surface area contributed by atoms with Crippen LogP contribution in [-0.2, 0) is 6.54 Å². The molecule has 0 fully saturated rings. The number of pyridine rings is 1. The summed E-state index contributed by atoms with van der Waals surface area (Å²) in [5.74, 6) is -1.84. The van der Waals surface area contributed by atoms with Gasteiger partial charge in [-0.2, -0.15) is 0 Å². The number of aromatic nitrogens is 1. The summed E-state index contributed by atoms with van der Waals surface area (Å²) in [7, 11) is 0. The fourth-order valence-electron chi connectivity index (χ4n) is 2.18. The highest BCUT2D eigenvalue weighted by molar-refractivity contribution is 5.95. The van der Waals surface area contributed by atoms with Gasteiger partial charge < -0.3 is 15.7 Å². The van der Waals surface area contributed by atoms with E-state index in [0.717, 1.165) is 12.0 Å². The van der Waals surface area contributed by atoms with E-state index >= 15 is 0 Å². The Hall–Kier alpha value is -3.22. The second kappa shape index (κ2) is 8.75. The molecule has 136 valence electrons. The van der Waals surface area contributed by atoms with Crippen LogP contribution in [0.5, 0.6) is 0 Å². The first-order valence-electron chi connectivity index (χ1n) is 8.29. The van der Waals surface area contributed by atoms with Gasteiger partial charge in [-0.05, 0) is 43.2 Å². The van der Waals surface area contributed by atoms with Crippen LogP contribution in [0.3, 0.4) is 0 Å². The number of rotatable bonds is 7. The summed E-state index contributed by atoms with van der Waals surface area (Å²) in [5.41, 5.74) is 1.10. The summed E-state index contributed by atoms with van der Waals surface area (Å²) in [6.07, 6.45) is 0.837. The molecule has 2 aromatic rings. The highest BCUT2D eigenvalue weighted by Crippen LogP contribution is 2.07. The lowest BCUT2D eigenvalue weighted by atomic mass is 10.1. The van der Waals surface area contributed by atoms with Gasteiger partial charge in [-0.3, -0.25) is 9.59 Å². The fourth-order valence-corrected chi connectivity index (χ4v) is 2.18. The second-order valence-electron chi connectivity index (χ2n) is 5.88. The van der Waals surface area contributed by atoms with Crippen molar-refractivity contribution >= 4 is 17.8 Å². The van der Waals surface area contributed by atoms with Crippen molar-refractivity contribution < 1.29 is 19.5 Å². The van der Waals surface area contributed by atoms with Gasteiger partial charge >= 0.3 is 5.97 Å². The Morgan fingerprint density at radius 2 is 1.77 bits per heavy atom. The quantitative estimate of drug-likeness (QED) is 0.706. The number of carboxylic acids is 1. The normalized spacial score (nSPS) is 11.5. The Balaban J connectivity index is 2.02. The molecule has 1 heterocycles. The van der Waals surface area contributed by atoms with Gasteiger partial charge in [0.1, 0.15) is 11.4 Å². The molecule has 2 amide bonds. The van der Waals surface area contributed by atoms with Crippen molar-refractivity contribution in [1.82, 2.24) is 15.6 Å². The van der Waals surface area contributed by atoms with Gasteiger partial charge in [-0.1, -0.05) is 25.1 Å². The predicted octanol–water partition coefficient (Wildman–Crippen LogP) is 2.24. The monoisotopic (exact) mass is 355 g/mol. The fraction of sp³-hybridized carbons (Fsp3) is 0.263. The molecule has 1 aromatic heterocycles. The minimum atomic E-state index is -1.19. The first kappa shape index (κ1) is 19.1. The third kappa shape index (κ3) is 5.14. The highest BCUT2D eigenvalue weighted by Gasteiger charge is 2.12. The minimum absolute atomic E-state index is 0.0237. The van der Waals surface area contributed by atoms with Gasteiger partial charge in [0.25, 0.3) is 11.8 Å². The van der Waals surface area contributed by atoms with Crippen LogP contribution in [-0.4, -0.2) is 33.9 Å². The van der Waals surface area contributed by atoms with Crippen LogP contribution in [0.15, 0.2) is 42.5 Å². The number of carbonyl (C=O) groups is 3. The van der Waals surface area contributed by atoms with E-state index in [1.54, 1.807) is 24.3 Å². The number of aromatic carboxylic acids is 1. The zero-order chi connectivity index (χ0) is 19.1. The molecule has 0 aliphatic rings. The molecule has 0 radical (unpaired) electrons. The van der Waals surface area contributed by atoms with Crippen molar-refractivity contribution in [1.29, 1.82) is 0 Å². The van der Waals surface area contributed by atoms with Crippen LogP contribution in [0, 0.1) is 0 Å². The zero-order valence-electron chi connectivity index (χ0n) is 14.7. The third-order valence-electron chi connectivity index (χ3n) is 3.83. The van der Waals surface area contributed by atoms with Crippen molar-refractivity contribution in [3.8, 4) is 0 Å². The van der Waals surface area contributed by atoms with Crippen LogP contribution in [0.2, 0.25) is 0 Å². The van der Waals surface area contributed by atoms with E-state index in [1.165, 1.54) is 18.2 Å². The Morgan fingerprint density at radius 3 is 2.46 bits per heavy atom. The van der Waals surface area contributed by atoms with Gasteiger partial charge in [-0.15, -0.1) is 0 Å². The summed E-state index contributed by atoms with van der Waals surface area (Å²) in [6, 6.07) is 11.3. The number of hydrogen-bond donors (Lipinski definition) is 3. The van der Waals surface area contributed by atoms with Gasteiger partial charge in [-0.25, -0.2) is 9.78 Å². The molecule has 26 heavy (non-hydrogen) atoms. The van der Waals surface area contributed by atoms with Crippen LogP contribution in [0.1, 0.15) is 57.2 Å². The maximum Gasteiger partial charge on any atom is 0.354 e. The summed E-state index contributed by atoms with van der Waals surface area (Å²) < 4.78 is 0. The molecule has 0 bridgehead atoms. The lowest BCUT2D eigenvalue weighted by Gasteiger charge is -2.12. The van der Waals surface area contributed by atoms with Crippen molar-refractivity contribution in [2.75, 3.05) is 0 Å². The van der Waals surface area contributed by atoms with Crippen LogP contribution >= 0.6 is 0 Å². The standard InChI is InChI=1S/C19H21N3O4/c1-3-12(2)21-17(23)14-7-4-6-13(10-14)11-20-18(24)15-8-5-9-16(22-15)19(25)26/h4-10,12H,3,11H2,1-2H3,(H,20,24)(H,21,23)(H,25,26). The van der Waals surface area contributed by atoms with Gasteiger partial charge in [0.05, 0.1) is 0 Å². The molecule has 0 aliphatic carbocycles. The average Bonchev–Trinajstić information content (AvgIpc) is 2.66. The summed E-state index contributed by atoms with van der Waals surface area (Å²) >= 11 is 0. The molecule has 0 saturated carbocycles. The molecule has 7 heteroatoms. The first-order chi connectivity index (χ1) is 12.4. The minimum Gasteiger partial charge on any atom is -0.477 e. The Morgan fingerprint density at radius 1 is 1.08 bits per heavy atom. The molecule has 1 unspecified atom stereocenters. The van der Waals surface area contributed by atoms with Gasteiger partial charge in [0, 0.05) is 18.2 Å². The first-order valence-corrected chi connectivity index (χ1v) is 8.29. The summed E-state index contributed by atoms with van der Waals surface area (Å²) in [6.45, 7) is 4.12. The number of benzene rings is 1. The Bertz CT molecular complexity index is 820. The Labute approximate surface area is 151 Å². The van der Waals surface area contributed by atoms with E-state index in [1.807, 2.05) is 13.8 Å². The molecule has 1 atom stereocenters. The van der Waals surface area contributed by atoms with Gasteiger partial charge in [0.2, 0.25) is 0 Å². The largest absolute Gasteiger partial charge is 0.477 e. The average molecular weight is 355 g/mol. The van der Waals surface area contributed by atoms with E-state index in [4.69, 9.17) is 5.11 Å². The summed E-state index contributed by atoms with van der Waals surface area (Å²) in [5, 5.41) is 14.5.